The first-order chi connectivity index (χ1) is 42.2. The molecule has 2 unspecified atom stereocenters. The molecule has 0 amide bonds. The summed E-state index contributed by atoms with van der Waals surface area (Å²) in [5.74, 6) is 0. The number of hydrogen-bond acceptors (Lipinski definition) is 1. The fourth-order valence-corrected chi connectivity index (χ4v) is 5.16. The van der Waals surface area contributed by atoms with Crippen LogP contribution in [0.25, 0.3) is 5.41 Å². The molecule has 2 nitrogen and oxygen atoms in total. The largest absolute Gasteiger partial charge is 0.817 e. The number of nitrogens with zero attached hydrogens (tertiary/aromatic N) is 2. The van der Waals surface area contributed by atoms with E-state index in [1.165, 1.54) is 24.7 Å². The zero-order chi connectivity index (χ0) is 71.6. The number of benzene rings is 7. The second-order valence-electron chi connectivity index (χ2n) is 13.2. The van der Waals surface area contributed by atoms with Gasteiger partial charge in [0.25, 0.3) is 0 Å². The van der Waals surface area contributed by atoms with Crippen LogP contribution < -0.4 is 5.46 Å². The monoisotopic (exact) mass is 1800 g/mol. The van der Waals surface area contributed by atoms with E-state index in [1.54, 1.807) is 0 Å². The molecule has 7 aromatic carbocycles. The zero-order valence-electron chi connectivity index (χ0n) is 63.0. The van der Waals surface area contributed by atoms with Gasteiger partial charge in [-0.2, -0.15) is 52.1 Å². The topological polar surface area (TPSA) is 46.1 Å². The summed E-state index contributed by atoms with van der Waals surface area (Å²) in [5, 5.41) is 15.4. The van der Waals surface area contributed by atoms with Crippen LogP contribution in [-0.2, 0) is 0 Å². The van der Waals surface area contributed by atoms with Gasteiger partial charge in [-0.05, 0) is 72.8 Å². The molecule has 542 valence electrons. The van der Waals surface area contributed by atoms with Gasteiger partial charge in [-0.3, -0.25) is 0 Å². The smallest absolute Gasteiger partial charge is 0.169 e. The molecule has 0 aromatic heterocycles. The minimum Gasteiger partial charge on any atom is -0.817 e. The van der Waals surface area contributed by atoms with Crippen molar-refractivity contribution in [2.75, 3.05) is 5.33 Å². The maximum atomic E-state index is 7.62. The molecule has 2 atom stereocenters. The molecule has 0 aliphatic heterocycles. The van der Waals surface area contributed by atoms with Gasteiger partial charge in [0.2, 0.25) is 0 Å². The summed E-state index contributed by atoms with van der Waals surface area (Å²) in [5.41, 5.74) is 1.41. The van der Waals surface area contributed by atoms with Gasteiger partial charge in [-0.25, -0.2) is 6.72 Å². The standard InChI is InChI=1S/C8H11B.6C6H5Br.C3H5N.3C3H8.C2H5Br.9C2H6.CH2N.CH4.2H3P.2H2S/c1-9(2)8-6-4-3-5-7-8;6*7-6-4-2-1-3-5-6;1-2-3-4;3*1-3-2;1-2-3;10*1-2;;;;;/h3-7H,1-2H3;6*1-5H;2H2,1H3;3*3H2,1-2H3;2H2,1H3;9*1-2H3;1H2;1H4;2*1H3;2*1H2/q;;;;;;;;;;;;;;;;;;;;;-1;;;;;. The fraction of sp³-hybridized carbons (Fsp3) is 0.436. The van der Waals surface area contributed by atoms with Crippen molar-refractivity contribution >= 4 is 177 Å². The second-order valence-corrected chi connectivity index (χ2v) is 19.9. The molecular weight excluding hydrogens is 1660 g/mol. The summed E-state index contributed by atoms with van der Waals surface area (Å²) in [6, 6.07) is 72.3. The third-order valence-electron chi connectivity index (χ3n) is 6.02. The maximum Gasteiger partial charge on any atom is 0.169 e. The van der Waals surface area contributed by atoms with E-state index >= 15 is 0 Å². The Kier molecular flexibility index (Phi) is 276. The van der Waals surface area contributed by atoms with Crippen molar-refractivity contribution in [2.24, 2.45) is 0 Å². The van der Waals surface area contributed by atoms with Crippen molar-refractivity contribution in [3.63, 3.8) is 0 Å². The second kappa shape index (κ2) is 174. The lowest BCUT2D eigenvalue weighted by molar-refractivity contribution is 1.09. The van der Waals surface area contributed by atoms with E-state index in [0.29, 0.717) is 13.1 Å². The summed E-state index contributed by atoms with van der Waals surface area (Å²) in [6.45, 7) is 59.9. The first kappa shape index (κ1) is 146. The Hall–Kier alpha value is -1.32. The summed E-state index contributed by atoms with van der Waals surface area (Å²) < 4.78 is 6.81. The SMILES string of the molecule is Brc1ccccc1.Brc1ccccc1.Brc1ccccc1.Brc1ccccc1.Brc1ccccc1.Brc1ccccc1.C.C=[N-].CB(C)c1ccccc1.CC.CC.CC.CC.CC.CC.CC.CC.CC.CCBr.CCC.CCC.CCC.CCC#N.P.P.S.S. The van der Waals surface area contributed by atoms with Crippen molar-refractivity contribution in [3.8, 4) is 6.07 Å². The van der Waals surface area contributed by atoms with Gasteiger partial charge in [0.1, 0.15) is 0 Å². The highest BCUT2D eigenvalue weighted by molar-refractivity contribution is 9.11. The number of hydrogen-bond donors (Lipinski definition) is 0. The van der Waals surface area contributed by atoms with Gasteiger partial charge in [0.15, 0.2) is 6.71 Å². The number of nitriles is 1. The molecule has 0 fully saturated rings. The van der Waals surface area contributed by atoms with Crippen LogP contribution in [0.15, 0.2) is 239 Å². The Labute approximate surface area is 658 Å². The van der Waals surface area contributed by atoms with Crippen molar-refractivity contribution in [1.82, 2.24) is 0 Å². The van der Waals surface area contributed by atoms with Gasteiger partial charge in [-0.15, -0.1) is 0 Å². The zero-order valence-corrected chi connectivity index (χ0v) is 78.9. The van der Waals surface area contributed by atoms with Gasteiger partial charge >= 0.3 is 0 Å². The van der Waals surface area contributed by atoms with Crippen LogP contribution in [0, 0.1) is 11.3 Å². The van der Waals surface area contributed by atoms with E-state index in [2.05, 4.69) is 198 Å². The summed E-state index contributed by atoms with van der Waals surface area (Å²) in [7, 11) is 0. The molecule has 92 heavy (non-hydrogen) atoms. The highest BCUT2D eigenvalue weighted by atomic mass is 79.9. The molecule has 0 radical (unpaired) electrons. The van der Waals surface area contributed by atoms with E-state index < -0.39 is 0 Å². The molecular formula is C78H145BBr7N2P2S2-. The summed E-state index contributed by atoms with van der Waals surface area (Å²) >= 11 is 23.0. The van der Waals surface area contributed by atoms with Crippen LogP contribution in [0.4, 0.5) is 0 Å². The average Bonchev–Trinajstić information content (AvgIpc) is 3.74. The van der Waals surface area contributed by atoms with Crippen LogP contribution in [0.3, 0.4) is 0 Å². The van der Waals surface area contributed by atoms with Gasteiger partial charge < -0.3 is 5.41 Å². The predicted octanol–water partition coefficient (Wildman–Crippen LogP) is 33.4. The third kappa shape index (κ3) is 191. The average molecular weight is 1810 g/mol. The van der Waals surface area contributed by atoms with E-state index in [0.717, 1.165) is 32.2 Å². The molecule has 0 N–H and O–H groups in total. The van der Waals surface area contributed by atoms with Crippen molar-refractivity contribution in [1.29, 1.82) is 5.26 Å². The number of halogens is 7. The highest BCUT2D eigenvalue weighted by Gasteiger charge is 1.98. The van der Waals surface area contributed by atoms with E-state index in [1.807, 2.05) is 333 Å². The first-order valence-electron chi connectivity index (χ1n) is 31.8. The van der Waals surface area contributed by atoms with Gasteiger partial charge in [0, 0.05) is 38.6 Å². The number of alkyl halides is 1. The Morgan fingerprint density at radius 3 is 0.446 bits per heavy atom. The van der Waals surface area contributed by atoms with Crippen LogP contribution in [0.5, 0.6) is 0 Å². The Morgan fingerprint density at radius 2 is 0.402 bits per heavy atom. The molecule has 0 aliphatic rings. The van der Waals surface area contributed by atoms with Crippen LogP contribution in [0.2, 0.25) is 13.6 Å². The van der Waals surface area contributed by atoms with E-state index in [4.69, 9.17) is 10.7 Å². The minimum absolute atomic E-state index is 0. The molecule has 7 rings (SSSR count). The molecule has 7 aromatic rings. The van der Waals surface area contributed by atoms with Crippen LogP contribution >= 0.6 is 158 Å². The predicted molar refractivity (Wildman–Crippen MR) is 494 cm³/mol. The molecule has 0 aliphatic carbocycles. The normalized spacial score (nSPS) is 6.50. The van der Waals surface area contributed by atoms with E-state index in [-0.39, 0.29) is 54.2 Å². The van der Waals surface area contributed by atoms with E-state index in [9.17, 15) is 0 Å². The van der Waals surface area contributed by atoms with Crippen LogP contribution in [-0.4, -0.2) is 18.8 Å². The molecule has 14 heteroatoms. The quantitative estimate of drug-likeness (QED) is 0.0699. The lowest BCUT2D eigenvalue weighted by Gasteiger charge is -1.98. The maximum absolute atomic E-state index is 7.62. The Morgan fingerprint density at radius 1 is 0.315 bits per heavy atom. The first-order valence-corrected chi connectivity index (χ1v) is 37.6. The summed E-state index contributed by atoms with van der Waals surface area (Å²) in [6.07, 6.45) is 4.38. The third-order valence-corrected chi connectivity index (χ3v) is 9.20. The van der Waals surface area contributed by atoms with Gasteiger partial charge in [-0.1, -0.05) is 477 Å². The van der Waals surface area contributed by atoms with Gasteiger partial charge in [0.05, 0.1) is 6.07 Å². The van der Waals surface area contributed by atoms with Crippen molar-refractivity contribution in [2.45, 2.75) is 227 Å². The molecule has 0 bridgehead atoms. The molecule has 0 heterocycles. The minimum atomic E-state index is 0. The molecule has 0 saturated carbocycles. The molecule has 0 saturated heterocycles. The molecule has 0 spiro atoms. The fourth-order valence-electron chi connectivity index (χ4n) is 3.33. The van der Waals surface area contributed by atoms with Crippen molar-refractivity contribution in [3.05, 3.63) is 245 Å². The van der Waals surface area contributed by atoms with Crippen LogP contribution in [0.1, 0.15) is 213 Å². The van der Waals surface area contributed by atoms with Crippen molar-refractivity contribution < 1.29 is 0 Å². The highest BCUT2D eigenvalue weighted by Crippen LogP contribution is 2.08. The Balaban J connectivity index is -0.0000000335. The Bertz CT molecular complexity index is 1680. The lowest BCUT2D eigenvalue weighted by atomic mass is 9.49. The number of rotatable bonds is 1. The lowest BCUT2D eigenvalue weighted by Crippen LogP contribution is -2.21. The summed E-state index contributed by atoms with van der Waals surface area (Å²) in [4.78, 5) is 0.